The molecule has 1 saturated heterocycles. The van der Waals surface area contributed by atoms with Crippen molar-refractivity contribution in [2.24, 2.45) is 0 Å². The van der Waals surface area contributed by atoms with Crippen molar-refractivity contribution in [1.82, 2.24) is 9.47 Å². The van der Waals surface area contributed by atoms with Crippen LogP contribution in [0.25, 0.3) is 27.8 Å². The number of aromatic nitrogens is 1. The van der Waals surface area contributed by atoms with Gasteiger partial charge < -0.3 is 4.57 Å². The Hall–Kier alpha value is -4.09. The first kappa shape index (κ1) is 22.4. The molecule has 0 unspecified atom stereocenters. The molecule has 4 aromatic carbocycles. The van der Waals surface area contributed by atoms with E-state index in [2.05, 4.69) is 65.4 Å². The smallest absolute Gasteiger partial charge is 0.293 e. The van der Waals surface area contributed by atoms with Crippen molar-refractivity contribution < 1.29 is 9.59 Å². The third-order valence-corrected chi connectivity index (χ3v) is 7.53. The van der Waals surface area contributed by atoms with Crippen LogP contribution in [-0.4, -0.2) is 20.6 Å². The third kappa shape index (κ3) is 4.12. The van der Waals surface area contributed by atoms with E-state index in [0.717, 1.165) is 39.4 Å². The minimum Gasteiger partial charge on any atom is -0.342 e. The largest absolute Gasteiger partial charge is 0.342 e. The molecule has 0 radical (unpaired) electrons. The predicted octanol–water partition coefficient (Wildman–Crippen LogP) is 7.39. The average molecular weight is 489 g/mol. The molecular formula is C31H24N2O2S. The van der Waals surface area contributed by atoms with Crippen molar-refractivity contribution in [2.75, 3.05) is 0 Å². The molecule has 0 aliphatic carbocycles. The number of imide groups is 1. The molecule has 5 heteroatoms. The number of nitrogens with zero attached hydrogens (tertiary/aromatic N) is 2. The van der Waals surface area contributed by atoms with E-state index in [9.17, 15) is 9.59 Å². The molecule has 2 amide bonds. The molecule has 176 valence electrons. The Kier molecular flexibility index (Phi) is 5.70. The van der Waals surface area contributed by atoms with E-state index < -0.39 is 0 Å². The summed E-state index contributed by atoms with van der Waals surface area (Å²) in [6.07, 6.45) is 3.95. The van der Waals surface area contributed by atoms with Gasteiger partial charge in [0.05, 0.1) is 11.4 Å². The molecule has 1 aliphatic rings. The van der Waals surface area contributed by atoms with Gasteiger partial charge >= 0.3 is 0 Å². The van der Waals surface area contributed by atoms with Gasteiger partial charge in [0.2, 0.25) is 0 Å². The Labute approximate surface area is 213 Å². The maximum atomic E-state index is 13.2. The molecule has 2 heterocycles. The molecule has 6 rings (SSSR count). The Morgan fingerprint density at radius 1 is 0.806 bits per heavy atom. The topological polar surface area (TPSA) is 42.3 Å². The van der Waals surface area contributed by atoms with Crippen LogP contribution in [-0.2, 0) is 17.9 Å². The van der Waals surface area contributed by atoms with Gasteiger partial charge in [-0.1, -0.05) is 90.5 Å². The third-order valence-electron chi connectivity index (χ3n) is 6.62. The van der Waals surface area contributed by atoms with Gasteiger partial charge in [0.1, 0.15) is 0 Å². The number of fused-ring (bicyclic) bond motifs is 2. The molecule has 0 saturated carbocycles. The fourth-order valence-electron chi connectivity index (χ4n) is 4.91. The van der Waals surface area contributed by atoms with E-state index in [1.54, 1.807) is 0 Å². The summed E-state index contributed by atoms with van der Waals surface area (Å²) in [5.74, 6) is -0.239. The highest BCUT2D eigenvalue weighted by molar-refractivity contribution is 8.18. The summed E-state index contributed by atoms with van der Waals surface area (Å²) in [6.45, 7) is 3.00. The van der Waals surface area contributed by atoms with Crippen molar-refractivity contribution in [1.29, 1.82) is 0 Å². The van der Waals surface area contributed by atoms with E-state index in [4.69, 9.17) is 0 Å². The SMILES string of the molecule is Cc1cccc(CN2C(=O)S/C(=C\c3cn(Cc4cccc5ccccc45)c4ccccc34)C2=O)c1. The number of thioether (sulfide) groups is 1. The molecule has 0 spiro atoms. The lowest BCUT2D eigenvalue weighted by Crippen LogP contribution is -2.27. The summed E-state index contributed by atoms with van der Waals surface area (Å²) < 4.78 is 2.22. The molecule has 0 N–H and O–H groups in total. The molecule has 0 bridgehead atoms. The van der Waals surface area contributed by atoms with Crippen molar-refractivity contribution in [3.63, 3.8) is 0 Å². The van der Waals surface area contributed by atoms with Gasteiger partial charge in [0, 0.05) is 29.2 Å². The Morgan fingerprint density at radius 3 is 2.42 bits per heavy atom. The molecular weight excluding hydrogens is 464 g/mol. The molecule has 5 aromatic rings. The number of hydrogen-bond acceptors (Lipinski definition) is 3. The summed E-state index contributed by atoms with van der Waals surface area (Å²) in [6, 6.07) is 30.9. The van der Waals surface area contributed by atoms with Crippen LogP contribution in [0.15, 0.2) is 102 Å². The van der Waals surface area contributed by atoms with Crippen LogP contribution in [0.5, 0.6) is 0 Å². The zero-order valence-corrected chi connectivity index (χ0v) is 20.7. The van der Waals surface area contributed by atoms with Crippen molar-refractivity contribution >= 4 is 50.7 Å². The summed E-state index contributed by atoms with van der Waals surface area (Å²) in [5.41, 5.74) is 5.32. The van der Waals surface area contributed by atoms with Crippen LogP contribution in [0.4, 0.5) is 4.79 Å². The lowest BCUT2D eigenvalue weighted by molar-refractivity contribution is -0.123. The Bertz CT molecular complexity index is 1680. The van der Waals surface area contributed by atoms with Crippen LogP contribution >= 0.6 is 11.8 Å². The second-order valence-corrected chi connectivity index (χ2v) is 10.1. The van der Waals surface area contributed by atoms with E-state index in [0.29, 0.717) is 11.4 Å². The fraction of sp³-hybridized carbons (Fsp3) is 0.0968. The van der Waals surface area contributed by atoms with E-state index >= 15 is 0 Å². The summed E-state index contributed by atoms with van der Waals surface area (Å²) in [7, 11) is 0. The minimum absolute atomic E-state index is 0.229. The number of carbonyl (C=O) groups is 2. The number of aryl methyl sites for hydroxylation is 1. The highest BCUT2D eigenvalue weighted by atomic mass is 32.2. The van der Waals surface area contributed by atoms with Crippen molar-refractivity contribution in [3.05, 3.63) is 124 Å². The Balaban J connectivity index is 1.34. The van der Waals surface area contributed by atoms with Crippen LogP contribution in [0, 0.1) is 6.92 Å². The van der Waals surface area contributed by atoms with Gasteiger partial charge in [-0.2, -0.15) is 0 Å². The number of hydrogen-bond donors (Lipinski definition) is 0. The van der Waals surface area contributed by atoms with Crippen LogP contribution in [0.3, 0.4) is 0 Å². The summed E-state index contributed by atoms with van der Waals surface area (Å²) >= 11 is 1.01. The van der Waals surface area contributed by atoms with Crippen molar-refractivity contribution in [2.45, 2.75) is 20.0 Å². The normalized spacial score (nSPS) is 15.0. The monoisotopic (exact) mass is 488 g/mol. The van der Waals surface area contributed by atoms with Crippen molar-refractivity contribution in [3.8, 4) is 0 Å². The van der Waals surface area contributed by atoms with Crippen LogP contribution in [0.2, 0.25) is 0 Å². The quantitative estimate of drug-likeness (QED) is 0.242. The lowest BCUT2D eigenvalue weighted by atomic mass is 10.0. The standard InChI is InChI=1S/C31H24N2O2S/c1-21-8-6-9-22(16-21)18-33-30(34)29(36-31(33)35)17-25-20-32(28-15-5-4-14-27(25)28)19-24-12-7-11-23-10-2-3-13-26(23)24/h2-17,20H,18-19H2,1H3/b29-17-. The highest BCUT2D eigenvalue weighted by Gasteiger charge is 2.35. The first-order valence-electron chi connectivity index (χ1n) is 11.9. The van der Waals surface area contributed by atoms with Gasteiger partial charge in [-0.25, -0.2) is 0 Å². The van der Waals surface area contributed by atoms with Gasteiger partial charge in [0.25, 0.3) is 11.1 Å². The van der Waals surface area contributed by atoms with Gasteiger partial charge in [-0.05, 0) is 52.7 Å². The Morgan fingerprint density at radius 2 is 1.56 bits per heavy atom. The zero-order chi connectivity index (χ0) is 24.6. The fourth-order valence-corrected chi connectivity index (χ4v) is 5.73. The second-order valence-electron chi connectivity index (χ2n) is 9.12. The first-order chi connectivity index (χ1) is 17.6. The first-order valence-corrected chi connectivity index (χ1v) is 12.7. The van der Waals surface area contributed by atoms with E-state index in [1.165, 1.54) is 21.2 Å². The number of benzene rings is 4. The van der Waals surface area contributed by atoms with E-state index in [1.807, 2.05) is 49.4 Å². The highest BCUT2D eigenvalue weighted by Crippen LogP contribution is 2.35. The summed E-state index contributed by atoms with van der Waals surface area (Å²) in [4.78, 5) is 27.7. The summed E-state index contributed by atoms with van der Waals surface area (Å²) in [5, 5.41) is 3.28. The zero-order valence-electron chi connectivity index (χ0n) is 19.8. The molecule has 1 fully saturated rings. The van der Waals surface area contributed by atoms with Gasteiger partial charge in [-0.3, -0.25) is 14.5 Å². The maximum absolute atomic E-state index is 13.2. The lowest BCUT2D eigenvalue weighted by Gasteiger charge is -2.12. The predicted molar refractivity (Wildman–Crippen MR) is 148 cm³/mol. The molecule has 1 aliphatic heterocycles. The van der Waals surface area contributed by atoms with Crippen LogP contribution < -0.4 is 0 Å². The number of rotatable bonds is 5. The maximum Gasteiger partial charge on any atom is 0.293 e. The molecule has 36 heavy (non-hydrogen) atoms. The van der Waals surface area contributed by atoms with E-state index in [-0.39, 0.29) is 17.7 Å². The second kappa shape index (κ2) is 9.17. The number of para-hydroxylation sites is 1. The van der Waals surface area contributed by atoms with Gasteiger partial charge in [-0.15, -0.1) is 0 Å². The van der Waals surface area contributed by atoms with Gasteiger partial charge in [0.15, 0.2) is 0 Å². The number of amides is 2. The molecule has 1 aromatic heterocycles. The van der Waals surface area contributed by atoms with Crippen LogP contribution in [0.1, 0.15) is 22.3 Å². The average Bonchev–Trinajstić information content (AvgIpc) is 3.36. The number of carbonyl (C=O) groups excluding carboxylic acids is 2. The molecule has 4 nitrogen and oxygen atoms in total. The minimum atomic E-state index is -0.239. The molecule has 0 atom stereocenters.